The predicted octanol–water partition coefficient (Wildman–Crippen LogP) is 3.41. The standard InChI is InChI=1S/C19H21FN2O4S/c1-12(18(24)26-2)22-17(23)16(27-19(22)25)11-13-6-7-15(14(20)10-13)21-8-4-3-5-9-21/h6-7,10-12H,3-5,8-9H2,1-2H3/b16-11+/t12-/m1/s1. The van der Waals surface area contributed by atoms with Gasteiger partial charge in [0, 0.05) is 13.1 Å². The molecule has 144 valence electrons. The third-order valence-electron chi connectivity index (χ3n) is 4.72. The molecule has 0 bridgehead atoms. The Labute approximate surface area is 161 Å². The second kappa shape index (κ2) is 8.12. The number of ether oxygens (including phenoxy) is 1. The number of piperidine rings is 1. The lowest BCUT2D eigenvalue weighted by atomic mass is 10.1. The molecule has 0 unspecified atom stereocenters. The summed E-state index contributed by atoms with van der Waals surface area (Å²) >= 11 is 0.729. The first-order valence-electron chi connectivity index (χ1n) is 8.81. The largest absolute Gasteiger partial charge is 0.467 e. The van der Waals surface area contributed by atoms with Gasteiger partial charge in [-0.15, -0.1) is 0 Å². The predicted molar refractivity (Wildman–Crippen MR) is 102 cm³/mol. The molecule has 0 N–H and O–H groups in total. The van der Waals surface area contributed by atoms with Crippen LogP contribution < -0.4 is 4.90 Å². The van der Waals surface area contributed by atoms with Gasteiger partial charge in [-0.05, 0) is 61.7 Å². The van der Waals surface area contributed by atoms with Crippen LogP contribution in [0.25, 0.3) is 6.08 Å². The highest BCUT2D eigenvalue weighted by molar-refractivity contribution is 8.18. The Morgan fingerprint density at radius 2 is 1.96 bits per heavy atom. The van der Waals surface area contributed by atoms with Gasteiger partial charge >= 0.3 is 5.97 Å². The molecule has 1 aromatic carbocycles. The van der Waals surface area contributed by atoms with Crippen LogP contribution in [0.4, 0.5) is 14.9 Å². The van der Waals surface area contributed by atoms with E-state index < -0.39 is 23.2 Å². The lowest BCUT2D eigenvalue weighted by molar-refractivity contribution is -0.148. The molecule has 0 aliphatic carbocycles. The summed E-state index contributed by atoms with van der Waals surface area (Å²) in [6, 6.07) is 3.78. The summed E-state index contributed by atoms with van der Waals surface area (Å²) in [4.78, 5) is 39.3. The monoisotopic (exact) mass is 392 g/mol. The van der Waals surface area contributed by atoms with E-state index in [-0.39, 0.29) is 10.7 Å². The van der Waals surface area contributed by atoms with Crippen LogP contribution in [0.5, 0.6) is 0 Å². The summed E-state index contributed by atoms with van der Waals surface area (Å²) in [5.41, 5.74) is 1.05. The van der Waals surface area contributed by atoms with Crippen LogP contribution in [0.15, 0.2) is 23.1 Å². The van der Waals surface area contributed by atoms with Crippen molar-refractivity contribution in [1.29, 1.82) is 0 Å². The quantitative estimate of drug-likeness (QED) is 0.578. The second-order valence-corrected chi connectivity index (χ2v) is 7.50. The number of halogens is 1. The number of amides is 2. The number of thioether (sulfide) groups is 1. The summed E-state index contributed by atoms with van der Waals surface area (Å²) in [5, 5.41) is -0.547. The van der Waals surface area contributed by atoms with Gasteiger partial charge < -0.3 is 9.64 Å². The van der Waals surface area contributed by atoms with Crippen LogP contribution in [0.2, 0.25) is 0 Å². The van der Waals surface area contributed by atoms with Gasteiger partial charge in [-0.2, -0.15) is 0 Å². The van der Waals surface area contributed by atoms with E-state index in [1.165, 1.54) is 26.2 Å². The summed E-state index contributed by atoms with van der Waals surface area (Å²) < 4.78 is 19.1. The zero-order chi connectivity index (χ0) is 19.6. The number of methoxy groups -OCH3 is 1. The molecule has 0 spiro atoms. The van der Waals surface area contributed by atoms with E-state index in [0.29, 0.717) is 11.3 Å². The van der Waals surface area contributed by atoms with Crippen molar-refractivity contribution in [2.75, 3.05) is 25.1 Å². The molecule has 1 aromatic rings. The third-order valence-corrected chi connectivity index (χ3v) is 5.60. The van der Waals surface area contributed by atoms with E-state index in [4.69, 9.17) is 0 Å². The molecule has 0 aromatic heterocycles. The Hall–Kier alpha value is -2.35. The maximum absolute atomic E-state index is 14.5. The first kappa shape index (κ1) is 19.4. The van der Waals surface area contributed by atoms with Crippen LogP contribution in [-0.2, 0) is 14.3 Å². The van der Waals surface area contributed by atoms with Gasteiger partial charge in [-0.1, -0.05) is 6.07 Å². The number of imide groups is 1. The van der Waals surface area contributed by atoms with Crippen molar-refractivity contribution in [3.63, 3.8) is 0 Å². The van der Waals surface area contributed by atoms with Gasteiger partial charge in [0.15, 0.2) is 0 Å². The number of hydrogen-bond donors (Lipinski definition) is 0. The maximum atomic E-state index is 14.5. The van der Waals surface area contributed by atoms with Gasteiger partial charge in [-0.25, -0.2) is 9.18 Å². The van der Waals surface area contributed by atoms with Crippen molar-refractivity contribution in [3.05, 3.63) is 34.5 Å². The maximum Gasteiger partial charge on any atom is 0.328 e. The van der Waals surface area contributed by atoms with Gasteiger partial charge in [0.05, 0.1) is 17.7 Å². The van der Waals surface area contributed by atoms with Gasteiger partial charge in [-0.3, -0.25) is 14.5 Å². The average molecular weight is 392 g/mol. The topological polar surface area (TPSA) is 66.9 Å². The fraction of sp³-hybridized carbons (Fsp3) is 0.421. The molecular weight excluding hydrogens is 371 g/mol. The molecule has 6 nitrogen and oxygen atoms in total. The van der Waals surface area contributed by atoms with Crippen molar-refractivity contribution in [3.8, 4) is 0 Å². The van der Waals surface area contributed by atoms with Crippen LogP contribution in [-0.4, -0.2) is 48.3 Å². The van der Waals surface area contributed by atoms with Crippen molar-refractivity contribution in [1.82, 2.24) is 4.90 Å². The first-order valence-corrected chi connectivity index (χ1v) is 9.63. The fourth-order valence-electron chi connectivity index (χ4n) is 3.25. The highest BCUT2D eigenvalue weighted by atomic mass is 32.2. The Morgan fingerprint density at radius 1 is 1.26 bits per heavy atom. The van der Waals surface area contributed by atoms with Crippen LogP contribution >= 0.6 is 11.8 Å². The van der Waals surface area contributed by atoms with Crippen LogP contribution in [0, 0.1) is 5.82 Å². The van der Waals surface area contributed by atoms with E-state index in [1.54, 1.807) is 12.1 Å². The number of hydrogen-bond acceptors (Lipinski definition) is 6. The first-order chi connectivity index (χ1) is 12.9. The minimum absolute atomic E-state index is 0.154. The SMILES string of the molecule is COC(=O)[C@@H](C)N1C(=O)S/C(=C/c2ccc(N3CCCCC3)c(F)c2)C1=O. The number of nitrogens with zero attached hydrogens (tertiary/aromatic N) is 2. The third kappa shape index (κ3) is 4.00. The fourth-order valence-corrected chi connectivity index (χ4v) is 4.15. The Morgan fingerprint density at radius 3 is 2.59 bits per heavy atom. The molecule has 2 amide bonds. The Bertz CT molecular complexity index is 805. The number of carbonyl (C=O) groups excluding carboxylic acids is 3. The lowest BCUT2D eigenvalue weighted by Crippen LogP contribution is -2.42. The van der Waals surface area contributed by atoms with Gasteiger partial charge in [0.25, 0.3) is 11.1 Å². The molecule has 2 fully saturated rings. The van der Waals surface area contributed by atoms with E-state index in [9.17, 15) is 18.8 Å². The molecule has 2 heterocycles. The number of esters is 1. The Balaban J connectivity index is 1.80. The number of benzene rings is 1. The molecule has 2 aliphatic heterocycles. The smallest absolute Gasteiger partial charge is 0.328 e. The normalized spacial score (nSPS) is 20.3. The molecule has 2 saturated heterocycles. The molecular formula is C19H21FN2O4S. The van der Waals surface area contributed by atoms with Crippen molar-refractivity contribution >= 4 is 40.6 Å². The molecule has 1 atom stereocenters. The molecule has 3 rings (SSSR count). The molecule has 8 heteroatoms. The lowest BCUT2D eigenvalue weighted by Gasteiger charge is -2.29. The summed E-state index contributed by atoms with van der Waals surface area (Å²) in [6.45, 7) is 3.10. The number of carbonyl (C=O) groups is 3. The van der Waals surface area contributed by atoms with Crippen LogP contribution in [0.3, 0.4) is 0 Å². The minimum Gasteiger partial charge on any atom is -0.467 e. The number of rotatable bonds is 4. The van der Waals surface area contributed by atoms with E-state index >= 15 is 0 Å². The summed E-state index contributed by atoms with van der Waals surface area (Å²) in [7, 11) is 1.19. The van der Waals surface area contributed by atoms with Crippen molar-refractivity contribution in [2.45, 2.75) is 32.2 Å². The van der Waals surface area contributed by atoms with Gasteiger partial charge in [0.2, 0.25) is 0 Å². The minimum atomic E-state index is -1.01. The Kier molecular flexibility index (Phi) is 5.84. The molecule has 0 saturated carbocycles. The zero-order valence-electron chi connectivity index (χ0n) is 15.2. The summed E-state index contributed by atoms with van der Waals surface area (Å²) in [5.74, 6) is -1.60. The van der Waals surface area contributed by atoms with E-state index in [1.807, 2.05) is 4.90 Å². The molecule has 2 aliphatic rings. The highest BCUT2D eigenvalue weighted by Crippen LogP contribution is 2.34. The average Bonchev–Trinajstić information content (AvgIpc) is 2.94. The highest BCUT2D eigenvalue weighted by Gasteiger charge is 2.41. The zero-order valence-corrected chi connectivity index (χ0v) is 16.1. The van der Waals surface area contributed by atoms with Crippen LogP contribution in [0.1, 0.15) is 31.7 Å². The number of anilines is 1. The van der Waals surface area contributed by atoms with E-state index in [2.05, 4.69) is 4.74 Å². The molecule has 0 radical (unpaired) electrons. The van der Waals surface area contributed by atoms with E-state index in [0.717, 1.165) is 49.0 Å². The van der Waals surface area contributed by atoms with Gasteiger partial charge in [0.1, 0.15) is 11.9 Å². The van der Waals surface area contributed by atoms with Crippen molar-refractivity contribution in [2.24, 2.45) is 0 Å². The summed E-state index contributed by atoms with van der Waals surface area (Å²) in [6.07, 6.45) is 4.73. The second-order valence-electron chi connectivity index (χ2n) is 6.51. The molecule has 27 heavy (non-hydrogen) atoms. The van der Waals surface area contributed by atoms with Crippen molar-refractivity contribution < 1.29 is 23.5 Å².